The van der Waals surface area contributed by atoms with Crippen LogP contribution in [-0.2, 0) is 11.3 Å². The Kier molecular flexibility index (Phi) is 4.63. The summed E-state index contributed by atoms with van der Waals surface area (Å²) in [6.45, 7) is 8.60. The molecule has 1 heterocycles. The molecule has 1 amide bonds. The van der Waals surface area contributed by atoms with Crippen molar-refractivity contribution in [3.63, 3.8) is 0 Å². The first-order chi connectivity index (χ1) is 8.70. The van der Waals surface area contributed by atoms with Gasteiger partial charge >= 0.3 is 5.97 Å². The van der Waals surface area contributed by atoms with Crippen LogP contribution < -0.4 is 5.32 Å². The van der Waals surface area contributed by atoms with Crippen LogP contribution in [0.25, 0.3) is 0 Å². The normalized spacial score (nSPS) is 13.1. The molecule has 2 N–H and O–H groups in total. The summed E-state index contributed by atoms with van der Waals surface area (Å²) in [5.41, 5.74) is 0.233. The second kappa shape index (κ2) is 5.81. The van der Waals surface area contributed by atoms with Gasteiger partial charge in [0, 0.05) is 6.54 Å². The fraction of sp³-hybridized carbons (Fsp3) is 0.667. The Morgan fingerprint density at radius 1 is 1.47 bits per heavy atom. The van der Waals surface area contributed by atoms with Crippen molar-refractivity contribution in [2.45, 2.75) is 34.2 Å². The SMILES string of the molecule is CC(CNC(=O)c1cn(CC(=O)O)nn1)C(C)(C)C. The topological polar surface area (TPSA) is 97.1 Å². The average Bonchev–Trinajstić information content (AvgIpc) is 2.71. The maximum atomic E-state index is 11.8. The second-order valence-electron chi connectivity index (χ2n) is 5.67. The number of nitrogens with one attached hydrogen (secondary N) is 1. The molecule has 0 saturated heterocycles. The molecule has 1 aromatic heterocycles. The largest absolute Gasteiger partial charge is 0.480 e. The molecule has 0 spiro atoms. The lowest BCUT2D eigenvalue weighted by molar-refractivity contribution is -0.137. The molecule has 0 fully saturated rings. The zero-order chi connectivity index (χ0) is 14.6. The molecule has 7 heteroatoms. The highest BCUT2D eigenvalue weighted by atomic mass is 16.4. The first-order valence-electron chi connectivity index (χ1n) is 6.10. The highest BCUT2D eigenvalue weighted by Gasteiger charge is 2.21. The van der Waals surface area contributed by atoms with Gasteiger partial charge in [-0.25, -0.2) is 4.68 Å². The maximum Gasteiger partial charge on any atom is 0.325 e. The van der Waals surface area contributed by atoms with Crippen molar-refractivity contribution in [3.8, 4) is 0 Å². The minimum atomic E-state index is -1.03. The van der Waals surface area contributed by atoms with Gasteiger partial charge in [0.15, 0.2) is 5.69 Å². The Labute approximate surface area is 112 Å². The third-order valence-corrected chi connectivity index (χ3v) is 3.12. The summed E-state index contributed by atoms with van der Waals surface area (Å²) in [6.07, 6.45) is 1.32. The summed E-state index contributed by atoms with van der Waals surface area (Å²) in [4.78, 5) is 22.3. The number of carboxylic acid groups (broad SMARTS) is 1. The molecule has 0 saturated carbocycles. The summed E-state index contributed by atoms with van der Waals surface area (Å²) in [5.74, 6) is -1.06. The summed E-state index contributed by atoms with van der Waals surface area (Å²) < 4.78 is 1.12. The van der Waals surface area contributed by atoms with Crippen LogP contribution in [-0.4, -0.2) is 38.5 Å². The van der Waals surface area contributed by atoms with Crippen LogP contribution in [0.15, 0.2) is 6.20 Å². The van der Waals surface area contributed by atoms with E-state index in [9.17, 15) is 9.59 Å². The van der Waals surface area contributed by atoms with Crippen LogP contribution in [0.3, 0.4) is 0 Å². The lowest BCUT2D eigenvalue weighted by Crippen LogP contribution is -2.33. The van der Waals surface area contributed by atoms with Crippen LogP contribution in [0, 0.1) is 11.3 Å². The number of carbonyl (C=O) groups excluding carboxylic acids is 1. The second-order valence-corrected chi connectivity index (χ2v) is 5.67. The predicted molar refractivity (Wildman–Crippen MR) is 68.6 cm³/mol. The number of hydrogen-bond donors (Lipinski definition) is 2. The average molecular weight is 268 g/mol. The Hall–Kier alpha value is -1.92. The van der Waals surface area contributed by atoms with Crippen LogP contribution in [0.4, 0.5) is 0 Å². The van der Waals surface area contributed by atoms with E-state index < -0.39 is 5.97 Å². The molecule has 0 aliphatic heterocycles. The van der Waals surface area contributed by atoms with E-state index in [-0.39, 0.29) is 23.6 Å². The van der Waals surface area contributed by atoms with Crippen molar-refractivity contribution in [2.24, 2.45) is 11.3 Å². The molecule has 0 aliphatic rings. The van der Waals surface area contributed by atoms with E-state index in [0.717, 1.165) is 4.68 Å². The molecule has 1 aromatic rings. The smallest absolute Gasteiger partial charge is 0.325 e. The molecule has 0 radical (unpaired) electrons. The van der Waals surface area contributed by atoms with Crippen molar-refractivity contribution < 1.29 is 14.7 Å². The van der Waals surface area contributed by atoms with Crippen molar-refractivity contribution in [1.29, 1.82) is 0 Å². The van der Waals surface area contributed by atoms with E-state index in [2.05, 4.69) is 43.3 Å². The zero-order valence-electron chi connectivity index (χ0n) is 11.7. The highest BCUT2D eigenvalue weighted by Crippen LogP contribution is 2.24. The van der Waals surface area contributed by atoms with E-state index in [1.807, 2.05) is 0 Å². The summed E-state index contributed by atoms with van der Waals surface area (Å²) >= 11 is 0. The van der Waals surface area contributed by atoms with Gasteiger partial charge in [0.2, 0.25) is 0 Å². The number of carboxylic acids is 1. The molecule has 106 valence electrons. The molecule has 7 nitrogen and oxygen atoms in total. The molecule has 0 aliphatic carbocycles. The quantitative estimate of drug-likeness (QED) is 0.822. The molecule has 1 rings (SSSR count). The maximum absolute atomic E-state index is 11.8. The number of aliphatic carboxylic acids is 1. The van der Waals surface area contributed by atoms with Gasteiger partial charge in [0.05, 0.1) is 6.20 Å². The predicted octanol–water partition coefficient (Wildman–Crippen LogP) is 0.775. The van der Waals surface area contributed by atoms with Crippen molar-refractivity contribution in [2.75, 3.05) is 6.54 Å². The van der Waals surface area contributed by atoms with Crippen LogP contribution >= 0.6 is 0 Å². The van der Waals surface area contributed by atoms with Crippen molar-refractivity contribution in [1.82, 2.24) is 20.3 Å². The Morgan fingerprint density at radius 3 is 2.63 bits per heavy atom. The first kappa shape index (κ1) is 15.1. The molecular weight excluding hydrogens is 248 g/mol. The Balaban J connectivity index is 2.54. The lowest BCUT2D eigenvalue weighted by atomic mass is 9.82. The van der Waals surface area contributed by atoms with Gasteiger partial charge in [-0.05, 0) is 11.3 Å². The fourth-order valence-corrected chi connectivity index (χ4v) is 1.26. The third-order valence-electron chi connectivity index (χ3n) is 3.12. The van der Waals surface area contributed by atoms with Crippen LogP contribution in [0.1, 0.15) is 38.2 Å². The van der Waals surface area contributed by atoms with E-state index in [0.29, 0.717) is 12.5 Å². The minimum Gasteiger partial charge on any atom is -0.480 e. The van der Waals surface area contributed by atoms with Crippen LogP contribution in [0.2, 0.25) is 0 Å². The first-order valence-corrected chi connectivity index (χ1v) is 6.10. The van der Waals surface area contributed by atoms with Gasteiger partial charge in [-0.3, -0.25) is 9.59 Å². The number of nitrogens with zero attached hydrogens (tertiary/aromatic N) is 3. The summed E-state index contributed by atoms with van der Waals surface area (Å²) in [7, 11) is 0. The monoisotopic (exact) mass is 268 g/mol. The Bertz CT molecular complexity index is 462. The van der Waals surface area contributed by atoms with E-state index >= 15 is 0 Å². The molecule has 1 atom stereocenters. The molecule has 0 bridgehead atoms. The van der Waals surface area contributed by atoms with Gasteiger partial charge in [-0.15, -0.1) is 5.10 Å². The fourth-order valence-electron chi connectivity index (χ4n) is 1.26. The third kappa shape index (κ3) is 4.69. The van der Waals surface area contributed by atoms with Gasteiger partial charge in [-0.1, -0.05) is 32.9 Å². The molecule has 1 unspecified atom stereocenters. The number of aromatic nitrogens is 3. The zero-order valence-corrected chi connectivity index (χ0v) is 11.7. The summed E-state index contributed by atoms with van der Waals surface area (Å²) in [6, 6.07) is 0. The van der Waals surface area contributed by atoms with E-state index in [1.54, 1.807) is 0 Å². The minimum absolute atomic E-state index is 0.105. The molecule has 19 heavy (non-hydrogen) atoms. The molecular formula is C12H20N4O3. The van der Waals surface area contributed by atoms with Crippen molar-refractivity contribution in [3.05, 3.63) is 11.9 Å². The summed E-state index contributed by atoms with van der Waals surface area (Å²) in [5, 5.41) is 18.6. The lowest BCUT2D eigenvalue weighted by Gasteiger charge is -2.27. The highest BCUT2D eigenvalue weighted by molar-refractivity contribution is 5.91. The number of rotatable bonds is 5. The van der Waals surface area contributed by atoms with Gasteiger partial charge in [0.1, 0.15) is 6.54 Å². The standard InChI is InChI=1S/C12H20N4O3/c1-8(12(2,3)4)5-13-11(19)9-6-16(15-14-9)7-10(17)18/h6,8H,5,7H2,1-4H3,(H,13,19)(H,17,18). The van der Waals surface area contributed by atoms with E-state index in [4.69, 9.17) is 5.11 Å². The number of hydrogen-bond acceptors (Lipinski definition) is 4. The van der Waals surface area contributed by atoms with Gasteiger partial charge < -0.3 is 10.4 Å². The van der Waals surface area contributed by atoms with E-state index in [1.165, 1.54) is 6.20 Å². The van der Waals surface area contributed by atoms with Gasteiger partial charge in [0.25, 0.3) is 5.91 Å². The van der Waals surface area contributed by atoms with Crippen molar-refractivity contribution >= 4 is 11.9 Å². The Morgan fingerprint density at radius 2 is 2.11 bits per heavy atom. The molecule has 0 aromatic carbocycles. The number of carbonyl (C=O) groups is 2. The number of amides is 1. The van der Waals surface area contributed by atoms with Gasteiger partial charge in [-0.2, -0.15) is 0 Å². The van der Waals surface area contributed by atoms with Crippen LogP contribution in [0.5, 0.6) is 0 Å².